The van der Waals surface area contributed by atoms with Crippen molar-refractivity contribution >= 4 is 11.4 Å². The zero-order chi connectivity index (χ0) is 14.6. The van der Waals surface area contributed by atoms with Gasteiger partial charge in [-0.05, 0) is 19.3 Å². The Morgan fingerprint density at radius 3 is 2.42 bits per heavy atom. The van der Waals surface area contributed by atoms with Crippen LogP contribution in [0.15, 0.2) is 12.1 Å². The van der Waals surface area contributed by atoms with Gasteiger partial charge in [0.25, 0.3) is 0 Å². The molecular weight excluding hydrogens is 257 g/mol. The summed E-state index contributed by atoms with van der Waals surface area (Å²) in [5.74, 6) is -0.940. The Labute approximate surface area is 110 Å². The van der Waals surface area contributed by atoms with E-state index in [4.69, 9.17) is 5.73 Å². The normalized spacial score (nSPS) is 12.8. The number of nitrogens with one attached hydrogen (secondary N) is 1. The van der Waals surface area contributed by atoms with E-state index in [0.29, 0.717) is 11.6 Å². The number of nitrogens with two attached hydrogens (primary N) is 1. The van der Waals surface area contributed by atoms with E-state index in [-0.39, 0.29) is 11.7 Å². The first-order chi connectivity index (χ1) is 8.79. The zero-order valence-electron chi connectivity index (χ0n) is 11.2. The fourth-order valence-corrected chi connectivity index (χ4v) is 1.91. The zero-order valence-corrected chi connectivity index (χ0v) is 11.2. The van der Waals surface area contributed by atoms with E-state index in [9.17, 15) is 13.2 Å². The van der Waals surface area contributed by atoms with Crippen molar-refractivity contribution in [1.29, 1.82) is 0 Å². The van der Waals surface area contributed by atoms with Gasteiger partial charge in [0.15, 0.2) is 11.6 Å². The molecule has 1 atom stereocenters. The summed E-state index contributed by atoms with van der Waals surface area (Å²) < 4.78 is 41.7. The van der Waals surface area contributed by atoms with Gasteiger partial charge in [0.1, 0.15) is 0 Å². The molecule has 0 saturated carbocycles. The SMILES string of the molecule is CC(C)CC(C)Nc1cc(OC(F)F)c(F)cc1N. The lowest BCUT2D eigenvalue weighted by Gasteiger charge is -2.19. The molecule has 0 heterocycles. The molecule has 0 bridgehead atoms. The summed E-state index contributed by atoms with van der Waals surface area (Å²) in [5, 5.41) is 3.07. The molecule has 6 heteroatoms. The van der Waals surface area contributed by atoms with Gasteiger partial charge >= 0.3 is 6.61 Å². The summed E-state index contributed by atoms with van der Waals surface area (Å²) in [6.07, 6.45) is 0.877. The van der Waals surface area contributed by atoms with Crippen molar-refractivity contribution in [2.24, 2.45) is 5.92 Å². The first-order valence-corrected chi connectivity index (χ1v) is 6.10. The Bertz CT molecular complexity index is 425. The van der Waals surface area contributed by atoms with Crippen molar-refractivity contribution in [1.82, 2.24) is 0 Å². The Kier molecular flexibility index (Phi) is 5.32. The molecule has 0 saturated heterocycles. The number of benzene rings is 1. The first-order valence-electron chi connectivity index (χ1n) is 6.10. The van der Waals surface area contributed by atoms with Crippen molar-refractivity contribution in [3.63, 3.8) is 0 Å². The highest BCUT2D eigenvalue weighted by Crippen LogP contribution is 2.30. The van der Waals surface area contributed by atoms with Crippen LogP contribution >= 0.6 is 0 Å². The predicted molar refractivity (Wildman–Crippen MR) is 70.0 cm³/mol. The molecule has 1 aromatic carbocycles. The van der Waals surface area contributed by atoms with Gasteiger partial charge in [-0.3, -0.25) is 0 Å². The number of halogens is 3. The minimum absolute atomic E-state index is 0.0900. The Morgan fingerprint density at radius 2 is 1.89 bits per heavy atom. The summed E-state index contributed by atoms with van der Waals surface area (Å²) >= 11 is 0. The Morgan fingerprint density at radius 1 is 1.26 bits per heavy atom. The highest BCUT2D eigenvalue weighted by Gasteiger charge is 2.14. The number of nitrogen functional groups attached to an aromatic ring is 1. The highest BCUT2D eigenvalue weighted by atomic mass is 19.3. The topological polar surface area (TPSA) is 47.3 Å². The molecule has 108 valence electrons. The molecule has 0 aromatic heterocycles. The van der Waals surface area contributed by atoms with Gasteiger partial charge in [0, 0.05) is 18.2 Å². The Balaban J connectivity index is 2.88. The molecule has 0 amide bonds. The highest BCUT2D eigenvalue weighted by molar-refractivity contribution is 5.68. The van der Waals surface area contributed by atoms with Crippen molar-refractivity contribution in [2.45, 2.75) is 39.8 Å². The number of rotatable bonds is 6. The van der Waals surface area contributed by atoms with E-state index in [1.165, 1.54) is 0 Å². The number of hydrogen-bond acceptors (Lipinski definition) is 3. The van der Waals surface area contributed by atoms with Crippen LogP contribution in [-0.4, -0.2) is 12.7 Å². The molecule has 1 unspecified atom stereocenters. The van der Waals surface area contributed by atoms with Gasteiger partial charge in [-0.15, -0.1) is 0 Å². The fraction of sp³-hybridized carbons (Fsp3) is 0.538. The van der Waals surface area contributed by atoms with Crippen molar-refractivity contribution in [2.75, 3.05) is 11.1 Å². The van der Waals surface area contributed by atoms with E-state index in [1.54, 1.807) is 0 Å². The van der Waals surface area contributed by atoms with Crippen molar-refractivity contribution < 1.29 is 17.9 Å². The molecule has 1 rings (SSSR count). The molecule has 0 radical (unpaired) electrons. The van der Waals surface area contributed by atoms with E-state index < -0.39 is 18.2 Å². The smallest absolute Gasteiger partial charge is 0.387 e. The van der Waals surface area contributed by atoms with Crippen LogP contribution in [0, 0.1) is 11.7 Å². The van der Waals surface area contributed by atoms with Crippen LogP contribution in [0.1, 0.15) is 27.2 Å². The van der Waals surface area contributed by atoms with Crippen LogP contribution in [0.2, 0.25) is 0 Å². The second-order valence-electron chi connectivity index (χ2n) is 4.92. The molecular formula is C13H19F3N2O. The predicted octanol–water partition coefficient (Wildman–Crippen LogP) is 3.86. The third-order valence-electron chi connectivity index (χ3n) is 2.55. The molecule has 0 aliphatic carbocycles. The van der Waals surface area contributed by atoms with Crippen LogP contribution in [0.5, 0.6) is 5.75 Å². The van der Waals surface area contributed by atoms with Crippen molar-refractivity contribution in [3.05, 3.63) is 17.9 Å². The lowest BCUT2D eigenvalue weighted by Crippen LogP contribution is -2.18. The van der Waals surface area contributed by atoms with Crippen LogP contribution in [0.3, 0.4) is 0 Å². The van der Waals surface area contributed by atoms with Crippen molar-refractivity contribution in [3.8, 4) is 5.75 Å². The van der Waals surface area contributed by atoms with Crippen LogP contribution in [-0.2, 0) is 0 Å². The van der Waals surface area contributed by atoms with Gasteiger partial charge < -0.3 is 15.8 Å². The minimum Gasteiger partial charge on any atom is -0.432 e. The molecule has 1 aromatic rings. The van der Waals surface area contributed by atoms with E-state index >= 15 is 0 Å². The Hall–Kier alpha value is -1.59. The largest absolute Gasteiger partial charge is 0.432 e. The van der Waals surface area contributed by atoms with E-state index in [2.05, 4.69) is 23.9 Å². The minimum atomic E-state index is -3.07. The van der Waals surface area contributed by atoms with Crippen LogP contribution in [0.25, 0.3) is 0 Å². The maximum absolute atomic E-state index is 13.4. The maximum Gasteiger partial charge on any atom is 0.387 e. The summed E-state index contributed by atoms with van der Waals surface area (Å²) in [7, 11) is 0. The summed E-state index contributed by atoms with van der Waals surface area (Å²) in [6.45, 7) is 3.00. The summed E-state index contributed by atoms with van der Waals surface area (Å²) in [6, 6.07) is 2.22. The van der Waals surface area contributed by atoms with Crippen LogP contribution in [0.4, 0.5) is 24.5 Å². The van der Waals surface area contributed by atoms with E-state index in [0.717, 1.165) is 18.6 Å². The second kappa shape index (κ2) is 6.54. The van der Waals surface area contributed by atoms with Gasteiger partial charge in [-0.2, -0.15) is 8.78 Å². The lowest BCUT2D eigenvalue weighted by atomic mass is 10.0. The number of alkyl halides is 2. The lowest BCUT2D eigenvalue weighted by molar-refractivity contribution is -0.0521. The standard InChI is InChI=1S/C13H19F3N2O/c1-7(2)4-8(3)18-11-6-12(19-13(15)16)9(14)5-10(11)17/h5-8,13,18H,4,17H2,1-3H3. The molecule has 0 aliphatic heterocycles. The van der Waals surface area contributed by atoms with Gasteiger partial charge in [0.05, 0.1) is 11.4 Å². The third-order valence-corrected chi connectivity index (χ3v) is 2.55. The van der Waals surface area contributed by atoms with Gasteiger partial charge in [-0.1, -0.05) is 13.8 Å². The van der Waals surface area contributed by atoms with E-state index in [1.807, 2.05) is 6.92 Å². The molecule has 19 heavy (non-hydrogen) atoms. The molecule has 0 aliphatic rings. The third kappa shape index (κ3) is 4.89. The summed E-state index contributed by atoms with van der Waals surface area (Å²) in [5.41, 5.74) is 6.21. The van der Waals surface area contributed by atoms with Crippen LogP contribution < -0.4 is 15.8 Å². The maximum atomic E-state index is 13.4. The molecule has 3 nitrogen and oxygen atoms in total. The number of ether oxygens (including phenoxy) is 1. The average molecular weight is 276 g/mol. The molecule has 0 fully saturated rings. The molecule has 3 N–H and O–H groups in total. The number of hydrogen-bond donors (Lipinski definition) is 2. The quantitative estimate of drug-likeness (QED) is 0.776. The molecule has 0 spiro atoms. The van der Waals surface area contributed by atoms with Gasteiger partial charge in [-0.25, -0.2) is 4.39 Å². The fourth-order valence-electron chi connectivity index (χ4n) is 1.91. The summed E-state index contributed by atoms with van der Waals surface area (Å²) in [4.78, 5) is 0. The van der Waals surface area contributed by atoms with Gasteiger partial charge in [0.2, 0.25) is 0 Å². The second-order valence-corrected chi connectivity index (χ2v) is 4.92. The average Bonchev–Trinajstić information content (AvgIpc) is 2.23. The monoisotopic (exact) mass is 276 g/mol. The first kappa shape index (κ1) is 15.5. The number of anilines is 2.